The van der Waals surface area contributed by atoms with E-state index in [2.05, 4.69) is 15.9 Å². The summed E-state index contributed by atoms with van der Waals surface area (Å²) >= 11 is 3.04. The van der Waals surface area contributed by atoms with E-state index in [4.69, 9.17) is 0 Å². The van der Waals surface area contributed by atoms with Gasteiger partial charge in [-0.2, -0.15) is 26.3 Å². The molecule has 0 radical (unpaired) electrons. The Hall–Kier alpha value is -4.07. The van der Waals surface area contributed by atoms with E-state index in [1.807, 2.05) is 0 Å². The van der Waals surface area contributed by atoms with Crippen molar-refractivity contribution in [3.8, 4) is 5.75 Å². The lowest BCUT2D eigenvalue weighted by Crippen LogP contribution is -2.39. The monoisotopic (exact) mass is 683 g/mol. The first-order valence-corrected chi connectivity index (χ1v) is 13.8. The van der Waals surface area contributed by atoms with Crippen molar-refractivity contribution in [2.75, 3.05) is 4.90 Å². The van der Waals surface area contributed by atoms with Gasteiger partial charge in [-0.25, -0.2) is 9.29 Å². The number of rotatable bonds is 2. The molecule has 2 amide bonds. The maximum absolute atomic E-state index is 14.5. The molecular formula is C30H17BrF7NO5. The number of hydrogen-bond acceptors (Lipinski definition) is 5. The molecule has 1 aliphatic heterocycles. The van der Waals surface area contributed by atoms with Gasteiger partial charge >= 0.3 is 12.4 Å². The summed E-state index contributed by atoms with van der Waals surface area (Å²) in [7, 11) is 0. The van der Waals surface area contributed by atoms with E-state index in [1.54, 1.807) is 0 Å². The molecule has 1 heterocycles. The van der Waals surface area contributed by atoms with Crippen LogP contribution in [0, 0.1) is 23.6 Å². The highest BCUT2D eigenvalue weighted by Crippen LogP contribution is 2.56. The van der Waals surface area contributed by atoms with Gasteiger partial charge < -0.3 is 5.11 Å². The van der Waals surface area contributed by atoms with Crippen LogP contribution in [-0.4, -0.2) is 28.5 Å². The first-order chi connectivity index (χ1) is 20.5. The average Bonchev–Trinajstić information content (AvgIpc) is 3.20. The highest BCUT2D eigenvalue weighted by atomic mass is 79.9. The molecule has 4 aliphatic rings. The molecule has 2 aromatic rings. The molecule has 14 heteroatoms. The second kappa shape index (κ2) is 9.98. The smallest absolute Gasteiger partial charge is 0.416 e. The number of aromatic hydroxyl groups is 1. The van der Waals surface area contributed by atoms with Crippen molar-refractivity contribution < 1.29 is 55.0 Å². The van der Waals surface area contributed by atoms with Crippen LogP contribution in [0.15, 0.2) is 69.8 Å². The summed E-state index contributed by atoms with van der Waals surface area (Å²) in [6.45, 7) is 0. The quantitative estimate of drug-likeness (QED) is 0.168. The predicted molar refractivity (Wildman–Crippen MR) is 142 cm³/mol. The molecule has 1 fully saturated rings. The fourth-order valence-electron chi connectivity index (χ4n) is 6.61. The van der Waals surface area contributed by atoms with E-state index in [-0.39, 0.29) is 40.1 Å². The minimum absolute atomic E-state index is 0.00515. The minimum atomic E-state index is -5.23. The number of amides is 2. The third kappa shape index (κ3) is 4.61. The van der Waals surface area contributed by atoms with Crippen molar-refractivity contribution in [1.82, 2.24) is 0 Å². The van der Waals surface area contributed by atoms with E-state index in [0.29, 0.717) is 22.6 Å². The van der Waals surface area contributed by atoms with E-state index >= 15 is 0 Å². The molecule has 44 heavy (non-hydrogen) atoms. The van der Waals surface area contributed by atoms with Crippen molar-refractivity contribution in [2.24, 2.45) is 17.8 Å². The van der Waals surface area contributed by atoms with Crippen LogP contribution in [0.5, 0.6) is 5.75 Å². The number of halogens is 8. The Morgan fingerprint density at radius 3 is 2.09 bits per heavy atom. The molecule has 0 saturated carbocycles. The van der Waals surface area contributed by atoms with Crippen LogP contribution in [0.2, 0.25) is 0 Å². The number of alkyl halides is 6. The number of nitrogens with zero attached hydrogens (tertiary/aromatic N) is 1. The molecule has 1 saturated heterocycles. The summed E-state index contributed by atoms with van der Waals surface area (Å²) in [5, 5.41) is 9.73. The van der Waals surface area contributed by atoms with Crippen LogP contribution in [-0.2, 0) is 31.5 Å². The van der Waals surface area contributed by atoms with E-state index in [9.17, 15) is 55.0 Å². The molecule has 0 aromatic heterocycles. The maximum Gasteiger partial charge on any atom is 0.416 e. The number of phenolic OH excluding ortho intramolecular Hbond substituents is 1. The third-order valence-electron chi connectivity index (χ3n) is 8.47. The lowest BCUT2D eigenvalue weighted by Gasteiger charge is -2.42. The summed E-state index contributed by atoms with van der Waals surface area (Å²) in [4.78, 5) is 54.1. The fraction of sp³-hybridized carbons (Fsp3) is 0.267. The highest BCUT2D eigenvalue weighted by molar-refractivity contribution is 9.12. The van der Waals surface area contributed by atoms with Gasteiger partial charge in [0, 0.05) is 23.1 Å². The number of phenols is 1. The summed E-state index contributed by atoms with van der Waals surface area (Å²) in [6.07, 6.45) is -8.26. The van der Waals surface area contributed by atoms with E-state index in [1.165, 1.54) is 12.1 Å². The highest BCUT2D eigenvalue weighted by Gasteiger charge is 2.57. The van der Waals surface area contributed by atoms with Gasteiger partial charge in [0.1, 0.15) is 0 Å². The van der Waals surface area contributed by atoms with Crippen LogP contribution in [0.4, 0.5) is 36.4 Å². The summed E-state index contributed by atoms with van der Waals surface area (Å²) in [6, 6.07) is 3.80. The average molecular weight is 684 g/mol. The molecule has 228 valence electrons. The number of ketones is 2. The molecule has 6 nitrogen and oxygen atoms in total. The second-order valence-electron chi connectivity index (χ2n) is 10.9. The first-order valence-electron chi connectivity index (χ1n) is 13.0. The van der Waals surface area contributed by atoms with Gasteiger partial charge in [-0.3, -0.25) is 19.2 Å². The zero-order valence-electron chi connectivity index (χ0n) is 21.9. The van der Waals surface area contributed by atoms with Crippen molar-refractivity contribution in [1.29, 1.82) is 0 Å². The van der Waals surface area contributed by atoms with Gasteiger partial charge in [-0.1, -0.05) is 17.7 Å². The molecule has 0 unspecified atom stereocenters. The van der Waals surface area contributed by atoms with Gasteiger partial charge in [0.15, 0.2) is 23.1 Å². The van der Waals surface area contributed by atoms with Crippen LogP contribution in [0.25, 0.3) is 0 Å². The summed E-state index contributed by atoms with van der Waals surface area (Å²) < 4.78 is 95.8. The van der Waals surface area contributed by atoms with E-state index in [0.717, 1.165) is 18.2 Å². The lowest BCUT2D eigenvalue weighted by molar-refractivity contribution is -0.143. The molecular weight excluding hydrogens is 667 g/mol. The van der Waals surface area contributed by atoms with Crippen LogP contribution in [0.1, 0.15) is 35.4 Å². The van der Waals surface area contributed by atoms with Gasteiger partial charge in [0.2, 0.25) is 11.8 Å². The molecule has 4 atom stereocenters. The van der Waals surface area contributed by atoms with Crippen molar-refractivity contribution in [2.45, 2.75) is 31.1 Å². The summed E-state index contributed by atoms with van der Waals surface area (Å²) in [5.74, 6) is -9.55. The topological polar surface area (TPSA) is 91.8 Å². The number of anilines is 1. The van der Waals surface area contributed by atoms with Crippen molar-refractivity contribution in [3.63, 3.8) is 0 Å². The van der Waals surface area contributed by atoms with Gasteiger partial charge in [-0.05, 0) is 70.6 Å². The Bertz CT molecular complexity index is 1760. The number of carbonyl (C=O) groups is 4. The number of benzene rings is 2. The normalized spacial score (nSPS) is 25.5. The predicted octanol–water partition coefficient (Wildman–Crippen LogP) is 6.54. The zero-order chi connectivity index (χ0) is 32.0. The number of Topliss-reactive ketones (excluding diaryl/α,β-unsaturated/α-hetero) is 1. The minimum Gasteiger partial charge on any atom is -0.505 e. The Kier molecular flexibility index (Phi) is 6.80. The standard InChI is InChI=1S/C30H17BrF7NO5/c31-19-10-22(41)25-18(26(19)42)9-17-15(23(25)11-1-4-21(40)20(32)5-11)2-3-16-24(17)28(44)39(27(16)43)14-7-12(29(33,34)35)6-13(8-14)30(36,37)38/h1-2,4-8,10,16-17,23-24,40H,3,9H2/t16-,17+,23-,24-/m0/s1. The molecule has 1 N–H and O–H groups in total. The van der Waals surface area contributed by atoms with Crippen LogP contribution in [0.3, 0.4) is 0 Å². The molecule has 2 aromatic carbocycles. The van der Waals surface area contributed by atoms with E-state index < -0.39 is 87.8 Å². The van der Waals surface area contributed by atoms with Crippen molar-refractivity contribution in [3.05, 3.63) is 92.3 Å². The number of allylic oxidation sites excluding steroid dienone is 6. The lowest BCUT2D eigenvalue weighted by atomic mass is 9.59. The first kappa shape index (κ1) is 30.0. The Balaban J connectivity index is 1.48. The van der Waals surface area contributed by atoms with Gasteiger partial charge in [0.25, 0.3) is 0 Å². The maximum atomic E-state index is 14.5. The van der Waals surface area contributed by atoms with Crippen LogP contribution < -0.4 is 4.90 Å². The SMILES string of the molecule is O=C1C=C(Br)C(=O)C2=C1[C@@H](c1ccc(O)c(F)c1)C1=CC[C@@H]3C(=O)N(c4cc(C(F)(F)F)cc(C(F)(F)F)c4)C(=O)[C@@H]3[C@@H]1C2. The number of hydrogen-bond donors (Lipinski definition) is 1. The Labute approximate surface area is 251 Å². The Morgan fingerprint density at radius 2 is 1.50 bits per heavy atom. The number of carbonyl (C=O) groups excluding carboxylic acids is 4. The van der Waals surface area contributed by atoms with Crippen molar-refractivity contribution >= 4 is 45.0 Å². The second-order valence-corrected chi connectivity index (χ2v) is 11.7. The van der Waals surface area contributed by atoms with Crippen LogP contribution >= 0.6 is 15.9 Å². The molecule has 6 rings (SSSR count). The molecule has 0 spiro atoms. The molecule has 3 aliphatic carbocycles. The number of fused-ring (bicyclic) bond motifs is 3. The zero-order valence-corrected chi connectivity index (χ0v) is 23.5. The summed E-state index contributed by atoms with van der Waals surface area (Å²) in [5.41, 5.74) is -3.82. The largest absolute Gasteiger partial charge is 0.505 e. The van der Waals surface area contributed by atoms with Gasteiger partial charge in [0.05, 0.1) is 33.1 Å². The third-order valence-corrected chi connectivity index (χ3v) is 9.06. The van der Waals surface area contributed by atoms with Gasteiger partial charge in [-0.15, -0.1) is 0 Å². The Morgan fingerprint density at radius 1 is 0.864 bits per heavy atom. The number of imide groups is 1. The fourth-order valence-corrected chi connectivity index (χ4v) is 7.06. The molecule has 0 bridgehead atoms.